The van der Waals surface area contributed by atoms with Gasteiger partial charge in [0.15, 0.2) is 0 Å². The van der Waals surface area contributed by atoms with Crippen LogP contribution in [0.5, 0.6) is 5.75 Å². The van der Waals surface area contributed by atoms with Crippen molar-refractivity contribution >= 4 is 35.0 Å². The number of nitrogens with zero attached hydrogens (tertiary/aromatic N) is 3. The summed E-state index contributed by atoms with van der Waals surface area (Å²) in [5.74, 6) is 5.36. The molecule has 22 nitrogen and oxygen atoms in total. The molecule has 1 fully saturated rings. The second-order valence-corrected chi connectivity index (χ2v) is 16.0. The van der Waals surface area contributed by atoms with Crippen LogP contribution >= 0.6 is 23.5 Å². The molecule has 3 rings (SSSR count). The first-order chi connectivity index (χ1) is 23.0. The van der Waals surface area contributed by atoms with Crippen molar-refractivity contribution in [3.63, 3.8) is 0 Å². The lowest BCUT2D eigenvalue weighted by molar-refractivity contribution is -0.386. The summed E-state index contributed by atoms with van der Waals surface area (Å²) in [6.07, 6.45) is -4.19. The SMILES string of the molecule is COc1cc([C@@H](OCc2cn([C@H]3CC(O)[C@@H](COP(=O)(O)OP(=O)(O)OP(=O)(O)O)O3)c(=O)nc2N)C(C)(C)C)c([N+](=O)[O-])cc1C#CCN. The monoisotopic (exact) mass is 771 g/mol. The van der Waals surface area contributed by atoms with Crippen LogP contribution in [0, 0.1) is 27.4 Å². The molecule has 2 aromatic rings. The molecule has 9 N–H and O–H groups in total. The van der Waals surface area contributed by atoms with Gasteiger partial charge in [-0.25, -0.2) is 18.5 Å². The van der Waals surface area contributed by atoms with Crippen molar-refractivity contribution in [3.8, 4) is 17.6 Å². The molecule has 0 radical (unpaired) electrons. The van der Waals surface area contributed by atoms with E-state index >= 15 is 0 Å². The maximum atomic E-state index is 12.8. The molecule has 0 aliphatic carbocycles. The highest BCUT2D eigenvalue weighted by Crippen LogP contribution is 2.66. The Balaban J connectivity index is 1.84. The zero-order valence-electron chi connectivity index (χ0n) is 26.8. The van der Waals surface area contributed by atoms with E-state index in [1.54, 1.807) is 20.8 Å². The number of ether oxygens (including phenoxy) is 3. The van der Waals surface area contributed by atoms with E-state index < -0.39 is 70.6 Å². The number of hydrogen-bond donors (Lipinski definition) is 7. The van der Waals surface area contributed by atoms with E-state index in [9.17, 15) is 43.5 Å². The number of phosphoric acid groups is 3. The van der Waals surface area contributed by atoms with Gasteiger partial charge in [0.1, 0.15) is 23.9 Å². The molecule has 1 aliphatic rings. The standard InChI is InChI=1S/C25H36N5O17P3/c1-25(2,3)22(16-9-19(42-4)14(6-5-7-26)8-17(16)30(33)34)43-12-15-11-29(24(32)28-23(15)27)21-10-18(31)20(45-21)13-44-49(38,39)47-50(40,41)46-48(35,36)37/h8-9,11,18,20-22,31H,7,10,12-13,26H2,1-4H3,(H,38,39)(H,40,41)(H2,27,28,32)(H2,35,36,37)/t18?,20-,21-,22-/m1/s1. The summed E-state index contributed by atoms with van der Waals surface area (Å²) in [5.41, 5.74) is 9.98. The van der Waals surface area contributed by atoms with Crippen molar-refractivity contribution in [1.29, 1.82) is 0 Å². The van der Waals surface area contributed by atoms with Crippen LogP contribution in [0.2, 0.25) is 0 Å². The van der Waals surface area contributed by atoms with Crippen LogP contribution < -0.4 is 21.9 Å². The predicted octanol–water partition coefficient (Wildman–Crippen LogP) is 1.35. The Morgan fingerprint density at radius 3 is 2.40 bits per heavy atom. The number of nitrogens with two attached hydrogens (primary N) is 2. The molecule has 1 aliphatic heterocycles. The van der Waals surface area contributed by atoms with Crippen molar-refractivity contribution in [2.45, 2.75) is 58.3 Å². The van der Waals surface area contributed by atoms with Crippen LogP contribution in [0.1, 0.15) is 56.2 Å². The summed E-state index contributed by atoms with van der Waals surface area (Å²) in [5, 5.41) is 22.6. The Morgan fingerprint density at radius 1 is 1.18 bits per heavy atom. The van der Waals surface area contributed by atoms with Gasteiger partial charge < -0.3 is 50.4 Å². The van der Waals surface area contributed by atoms with E-state index in [1.165, 1.54) is 25.4 Å². The minimum atomic E-state index is -5.78. The number of methoxy groups -OCH3 is 1. The number of aromatic nitrogens is 2. The van der Waals surface area contributed by atoms with E-state index in [1.807, 2.05) is 0 Å². The van der Waals surface area contributed by atoms with Crippen molar-refractivity contribution in [3.05, 3.63) is 55.6 Å². The highest BCUT2D eigenvalue weighted by Gasteiger charge is 2.43. The molecule has 3 unspecified atom stereocenters. The fourth-order valence-corrected chi connectivity index (χ4v) is 7.72. The topological polar surface area (TPSA) is 338 Å². The van der Waals surface area contributed by atoms with Crippen molar-refractivity contribution in [2.24, 2.45) is 11.1 Å². The van der Waals surface area contributed by atoms with E-state index in [0.717, 1.165) is 4.57 Å². The molecule has 1 aromatic heterocycles. The smallest absolute Gasteiger partial charge is 0.490 e. The molecule has 0 bridgehead atoms. The fourth-order valence-electron chi connectivity index (χ4n) is 4.69. The molecule has 25 heteroatoms. The van der Waals surface area contributed by atoms with Crippen molar-refractivity contribution in [1.82, 2.24) is 9.55 Å². The maximum absolute atomic E-state index is 12.8. The van der Waals surface area contributed by atoms with E-state index in [2.05, 4.69) is 30.0 Å². The number of benzene rings is 1. The van der Waals surface area contributed by atoms with Gasteiger partial charge in [-0.05, 0) is 11.5 Å². The number of aliphatic hydroxyl groups excluding tert-OH is 1. The number of nitro benzene ring substituents is 1. The zero-order valence-corrected chi connectivity index (χ0v) is 29.5. The zero-order chi connectivity index (χ0) is 37.8. The minimum absolute atomic E-state index is 0.0115. The summed E-state index contributed by atoms with van der Waals surface area (Å²) in [4.78, 5) is 64.4. The largest absolute Gasteiger partial charge is 0.495 e. The highest BCUT2D eigenvalue weighted by molar-refractivity contribution is 7.66. The second kappa shape index (κ2) is 16.1. The van der Waals surface area contributed by atoms with Crippen LogP contribution in [0.25, 0.3) is 0 Å². The molecule has 0 amide bonds. The fraction of sp³-hybridized carbons (Fsp3) is 0.520. The number of anilines is 1. The Morgan fingerprint density at radius 2 is 1.84 bits per heavy atom. The number of nitro groups is 1. The van der Waals surface area contributed by atoms with Gasteiger partial charge in [-0.15, -0.1) is 0 Å². The van der Waals surface area contributed by atoms with Crippen molar-refractivity contribution < 1.29 is 70.7 Å². The van der Waals surface area contributed by atoms with Crippen LogP contribution in [0.15, 0.2) is 23.1 Å². The first kappa shape index (κ1) is 41.3. The lowest BCUT2D eigenvalue weighted by atomic mass is 9.83. The number of aliphatic hydroxyl groups is 1. The van der Waals surface area contributed by atoms with Crippen LogP contribution in [0.3, 0.4) is 0 Å². The van der Waals surface area contributed by atoms with Gasteiger partial charge in [0.05, 0.1) is 55.1 Å². The number of hydrogen-bond acceptors (Lipinski definition) is 16. The Kier molecular flexibility index (Phi) is 13.3. The van der Waals surface area contributed by atoms with Gasteiger partial charge >= 0.3 is 29.2 Å². The van der Waals surface area contributed by atoms with Gasteiger partial charge in [0.25, 0.3) is 5.69 Å². The Hall–Kier alpha value is -3.09. The first-order valence-electron chi connectivity index (χ1n) is 14.1. The molecule has 50 heavy (non-hydrogen) atoms. The van der Waals surface area contributed by atoms with Gasteiger partial charge in [-0.1, -0.05) is 32.6 Å². The third kappa shape index (κ3) is 11.2. The molecule has 1 aromatic carbocycles. The van der Waals surface area contributed by atoms with Gasteiger partial charge in [-0.3, -0.25) is 19.2 Å². The summed E-state index contributed by atoms with van der Waals surface area (Å²) >= 11 is 0. The minimum Gasteiger partial charge on any atom is -0.495 e. The second-order valence-electron chi connectivity index (χ2n) is 11.6. The van der Waals surface area contributed by atoms with E-state index in [-0.39, 0.29) is 53.5 Å². The molecule has 2 heterocycles. The lowest BCUT2D eigenvalue weighted by Crippen LogP contribution is -2.30. The molecule has 278 valence electrons. The highest BCUT2D eigenvalue weighted by atomic mass is 31.3. The molecule has 6 atom stereocenters. The molecule has 0 saturated carbocycles. The van der Waals surface area contributed by atoms with Gasteiger partial charge in [-0.2, -0.15) is 13.6 Å². The Labute approximate surface area is 283 Å². The molecular formula is C25H36N5O17P3. The van der Waals surface area contributed by atoms with Gasteiger partial charge in [0.2, 0.25) is 0 Å². The van der Waals surface area contributed by atoms with Gasteiger partial charge in [0, 0.05) is 24.2 Å². The normalized spacial score (nSPS) is 21.0. The van der Waals surface area contributed by atoms with Crippen LogP contribution in [-0.2, 0) is 42.9 Å². The predicted molar refractivity (Wildman–Crippen MR) is 170 cm³/mol. The van der Waals surface area contributed by atoms with Crippen LogP contribution in [0.4, 0.5) is 11.5 Å². The summed E-state index contributed by atoms with van der Waals surface area (Å²) < 4.78 is 64.4. The number of phosphoric ester groups is 1. The quantitative estimate of drug-likeness (QED) is 0.0616. The van der Waals surface area contributed by atoms with E-state index in [0.29, 0.717) is 0 Å². The average molecular weight is 772 g/mol. The van der Waals surface area contributed by atoms with Crippen LogP contribution in [-0.4, -0.2) is 71.6 Å². The first-order valence-corrected chi connectivity index (χ1v) is 18.6. The molecular weight excluding hydrogens is 735 g/mol. The summed E-state index contributed by atoms with van der Waals surface area (Å²) in [6.45, 7) is 4.02. The lowest BCUT2D eigenvalue weighted by Gasteiger charge is -2.31. The maximum Gasteiger partial charge on any atom is 0.490 e. The third-order valence-corrected chi connectivity index (χ3v) is 10.5. The average Bonchev–Trinajstić information content (AvgIpc) is 3.33. The third-order valence-electron chi connectivity index (χ3n) is 6.74. The number of nitrogen functional groups attached to an aromatic ring is 1. The summed E-state index contributed by atoms with van der Waals surface area (Å²) in [7, 11) is -15.6. The molecule has 0 spiro atoms. The van der Waals surface area contributed by atoms with E-state index in [4.69, 9.17) is 35.5 Å². The number of rotatable bonds is 14. The Bertz CT molecular complexity index is 1850. The summed E-state index contributed by atoms with van der Waals surface area (Å²) in [6, 6.07) is 2.69. The van der Waals surface area contributed by atoms with Crippen molar-refractivity contribution in [2.75, 3.05) is 26.0 Å². The molecule has 1 saturated heterocycles.